The molecule has 8 heteroatoms. The van der Waals surface area contributed by atoms with E-state index < -0.39 is 0 Å². The number of hydrogen-bond donors (Lipinski definition) is 2. The van der Waals surface area contributed by atoms with Gasteiger partial charge in [0, 0.05) is 25.2 Å². The van der Waals surface area contributed by atoms with Gasteiger partial charge in [0.1, 0.15) is 0 Å². The fourth-order valence-electron chi connectivity index (χ4n) is 3.81. The number of amides is 1. The number of pyridine rings is 1. The SMILES string of the molecule is Cc1nc2c(c(C)c1CNC(=O)[C@@H]1C[C@@H]1c1ccc(Cl)c(Cl)c1)c(=O)[nH]n2C. The summed E-state index contributed by atoms with van der Waals surface area (Å²) in [6.45, 7) is 4.13. The van der Waals surface area contributed by atoms with Gasteiger partial charge in [-0.3, -0.25) is 19.4 Å². The van der Waals surface area contributed by atoms with Crippen molar-refractivity contribution in [3.05, 3.63) is 61.0 Å². The van der Waals surface area contributed by atoms with Crippen LogP contribution in [0.15, 0.2) is 23.0 Å². The molecule has 2 N–H and O–H groups in total. The summed E-state index contributed by atoms with van der Waals surface area (Å²) in [6.07, 6.45) is 0.789. The van der Waals surface area contributed by atoms with Crippen LogP contribution >= 0.6 is 23.2 Å². The molecule has 0 radical (unpaired) electrons. The van der Waals surface area contributed by atoms with Crippen LogP contribution in [0, 0.1) is 19.8 Å². The second-order valence-electron chi connectivity index (χ2n) is 7.34. The van der Waals surface area contributed by atoms with Crippen molar-refractivity contribution >= 4 is 40.1 Å². The van der Waals surface area contributed by atoms with Gasteiger partial charge in [-0.1, -0.05) is 29.3 Å². The molecule has 1 fully saturated rings. The van der Waals surface area contributed by atoms with Gasteiger partial charge in [-0.15, -0.1) is 0 Å². The van der Waals surface area contributed by atoms with Crippen LogP contribution in [0.2, 0.25) is 10.0 Å². The van der Waals surface area contributed by atoms with Crippen molar-refractivity contribution in [1.82, 2.24) is 20.1 Å². The number of nitrogens with one attached hydrogen (secondary N) is 2. The summed E-state index contributed by atoms with van der Waals surface area (Å²) in [4.78, 5) is 29.3. The van der Waals surface area contributed by atoms with Crippen LogP contribution in [-0.2, 0) is 18.4 Å². The summed E-state index contributed by atoms with van der Waals surface area (Å²) in [7, 11) is 1.76. The van der Waals surface area contributed by atoms with Crippen molar-refractivity contribution in [3.63, 3.8) is 0 Å². The number of rotatable bonds is 4. The Morgan fingerprint density at radius 3 is 2.79 bits per heavy atom. The molecule has 6 nitrogen and oxygen atoms in total. The van der Waals surface area contributed by atoms with Gasteiger partial charge >= 0.3 is 0 Å². The van der Waals surface area contributed by atoms with E-state index in [1.54, 1.807) is 17.8 Å². The number of fused-ring (bicyclic) bond motifs is 1. The standard InChI is InChI=1S/C20H20Cl2N4O2/c1-9-14(10(2)24-18-17(9)20(28)25-26(18)3)8-23-19(27)13-7-12(13)11-4-5-15(21)16(22)6-11/h4-6,12-13H,7-8H2,1-3H3,(H,23,27)(H,25,28)/t12-,13-/m1/s1. The van der Waals surface area contributed by atoms with E-state index in [0.717, 1.165) is 28.8 Å². The van der Waals surface area contributed by atoms with Crippen LogP contribution in [0.4, 0.5) is 0 Å². The highest BCUT2D eigenvalue weighted by atomic mass is 35.5. The molecule has 0 bridgehead atoms. The zero-order chi connectivity index (χ0) is 20.2. The van der Waals surface area contributed by atoms with Gasteiger partial charge in [0.05, 0.1) is 15.4 Å². The van der Waals surface area contributed by atoms with Crippen molar-refractivity contribution in [3.8, 4) is 0 Å². The monoisotopic (exact) mass is 418 g/mol. The zero-order valence-corrected chi connectivity index (χ0v) is 17.3. The van der Waals surface area contributed by atoms with E-state index in [1.165, 1.54) is 0 Å². The van der Waals surface area contributed by atoms with E-state index in [0.29, 0.717) is 27.6 Å². The molecule has 1 aromatic carbocycles. The summed E-state index contributed by atoms with van der Waals surface area (Å²) in [5.41, 5.74) is 4.01. The maximum atomic E-state index is 12.6. The molecule has 0 saturated heterocycles. The summed E-state index contributed by atoms with van der Waals surface area (Å²) in [5, 5.41) is 7.31. The summed E-state index contributed by atoms with van der Waals surface area (Å²) >= 11 is 12.0. The molecule has 2 heterocycles. The second kappa shape index (κ2) is 6.94. The van der Waals surface area contributed by atoms with Crippen LogP contribution < -0.4 is 10.9 Å². The molecule has 0 unspecified atom stereocenters. The third-order valence-corrected chi connectivity index (χ3v) is 6.25. The number of carbonyl (C=O) groups is 1. The average Bonchev–Trinajstić information content (AvgIpc) is 3.38. The Hall–Kier alpha value is -2.31. The summed E-state index contributed by atoms with van der Waals surface area (Å²) in [6, 6.07) is 5.51. The Labute approximate surface area is 171 Å². The third-order valence-electron chi connectivity index (χ3n) is 5.51. The number of carbonyl (C=O) groups excluding carboxylic acids is 1. The lowest BCUT2D eigenvalue weighted by atomic mass is 10.0. The average molecular weight is 419 g/mol. The number of aryl methyl sites for hydroxylation is 3. The van der Waals surface area contributed by atoms with Crippen molar-refractivity contribution in [1.29, 1.82) is 0 Å². The molecule has 2 atom stereocenters. The molecular formula is C20H20Cl2N4O2. The van der Waals surface area contributed by atoms with Crippen molar-refractivity contribution in [2.75, 3.05) is 0 Å². The minimum Gasteiger partial charge on any atom is -0.352 e. The summed E-state index contributed by atoms with van der Waals surface area (Å²) < 4.78 is 1.62. The quantitative estimate of drug-likeness (QED) is 0.678. The van der Waals surface area contributed by atoms with E-state index >= 15 is 0 Å². The Balaban J connectivity index is 1.49. The maximum absolute atomic E-state index is 12.6. The van der Waals surface area contributed by atoms with Crippen LogP contribution in [0.1, 0.15) is 34.7 Å². The van der Waals surface area contributed by atoms with Crippen LogP contribution in [-0.4, -0.2) is 20.7 Å². The smallest absolute Gasteiger partial charge is 0.273 e. The van der Waals surface area contributed by atoms with Crippen molar-refractivity contribution in [2.45, 2.75) is 32.7 Å². The molecule has 146 valence electrons. The van der Waals surface area contributed by atoms with Gasteiger partial charge in [-0.05, 0) is 55.0 Å². The highest BCUT2D eigenvalue weighted by Crippen LogP contribution is 2.48. The second-order valence-corrected chi connectivity index (χ2v) is 8.15. The molecule has 1 aliphatic carbocycles. The van der Waals surface area contributed by atoms with Gasteiger partial charge in [-0.2, -0.15) is 0 Å². The Kier molecular flexibility index (Phi) is 4.71. The number of nitrogens with zero attached hydrogens (tertiary/aromatic N) is 2. The van der Waals surface area contributed by atoms with E-state index in [4.69, 9.17) is 23.2 Å². The van der Waals surface area contributed by atoms with Gasteiger partial charge < -0.3 is 5.32 Å². The molecule has 3 aromatic rings. The number of hydrogen-bond acceptors (Lipinski definition) is 3. The van der Waals surface area contributed by atoms with E-state index in [-0.39, 0.29) is 23.3 Å². The normalized spacial score (nSPS) is 18.5. The van der Waals surface area contributed by atoms with Gasteiger partial charge in [0.25, 0.3) is 5.56 Å². The molecule has 0 aliphatic heterocycles. The topological polar surface area (TPSA) is 79.8 Å². The molecule has 28 heavy (non-hydrogen) atoms. The lowest BCUT2D eigenvalue weighted by molar-refractivity contribution is -0.122. The Morgan fingerprint density at radius 1 is 1.32 bits per heavy atom. The number of halogens is 2. The van der Waals surface area contributed by atoms with E-state index in [9.17, 15) is 9.59 Å². The van der Waals surface area contributed by atoms with Crippen LogP contribution in [0.5, 0.6) is 0 Å². The minimum atomic E-state index is -0.169. The molecule has 4 rings (SSSR count). The first-order chi connectivity index (χ1) is 13.3. The fourth-order valence-corrected chi connectivity index (χ4v) is 4.12. The maximum Gasteiger partial charge on any atom is 0.273 e. The van der Waals surface area contributed by atoms with Gasteiger partial charge in [-0.25, -0.2) is 4.98 Å². The first-order valence-electron chi connectivity index (χ1n) is 9.05. The van der Waals surface area contributed by atoms with Crippen LogP contribution in [0.3, 0.4) is 0 Å². The Bertz CT molecular complexity index is 1170. The zero-order valence-electron chi connectivity index (χ0n) is 15.8. The van der Waals surface area contributed by atoms with Crippen molar-refractivity contribution in [2.24, 2.45) is 13.0 Å². The number of aromatic amines is 1. The summed E-state index contributed by atoms with van der Waals surface area (Å²) in [5.74, 6) is 0.0844. The molecule has 1 amide bonds. The molecular weight excluding hydrogens is 399 g/mol. The predicted molar refractivity (Wildman–Crippen MR) is 110 cm³/mol. The molecule has 2 aromatic heterocycles. The number of benzene rings is 1. The van der Waals surface area contributed by atoms with E-state index in [2.05, 4.69) is 15.4 Å². The first kappa shape index (κ1) is 19.0. The Morgan fingerprint density at radius 2 is 2.07 bits per heavy atom. The highest BCUT2D eigenvalue weighted by Gasteiger charge is 2.44. The largest absolute Gasteiger partial charge is 0.352 e. The van der Waals surface area contributed by atoms with Crippen molar-refractivity contribution < 1.29 is 4.79 Å². The third kappa shape index (κ3) is 3.20. The lowest BCUT2D eigenvalue weighted by Crippen LogP contribution is -2.26. The van der Waals surface area contributed by atoms with Crippen LogP contribution in [0.25, 0.3) is 11.0 Å². The lowest BCUT2D eigenvalue weighted by Gasteiger charge is -2.12. The minimum absolute atomic E-state index is 0.00283. The predicted octanol–water partition coefficient (Wildman–Crippen LogP) is 3.61. The number of aromatic nitrogens is 3. The number of H-pyrrole nitrogens is 1. The van der Waals surface area contributed by atoms with Gasteiger partial charge in [0.2, 0.25) is 5.91 Å². The molecule has 0 spiro atoms. The highest BCUT2D eigenvalue weighted by molar-refractivity contribution is 6.42. The fraction of sp³-hybridized carbons (Fsp3) is 0.350. The first-order valence-corrected chi connectivity index (χ1v) is 9.81. The molecule has 1 aliphatic rings. The molecule has 1 saturated carbocycles. The van der Waals surface area contributed by atoms with E-state index in [1.807, 2.05) is 26.0 Å². The van der Waals surface area contributed by atoms with Gasteiger partial charge in [0.15, 0.2) is 5.65 Å².